The summed E-state index contributed by atoms with van der Waals surface area (Å²) in [5.41, 5.74) is 3.38. The van der Waals surface area contributed by atoms with Gasteiger partial charge in [0.2, 0.25) is 0 Å². The second-order valence-electron chi connectivity index (χ2n) is 2.80. The largest absolute Gasteiger partial charge is 0.222 e. The van der Waals surface area contributed by atoms with Crippen molar-refractivity contribution in [3.05, 3.63) is 11.2 Å². The van der Waals surface area contributed by atoms with E-state index in [1.165, 1.54) is 6.20 Å². The van der Waals surface area contributed by atoms with Gasteiger partial charge in [0.15, 0.2) is 14.9 Å². The molecule has 0 atom stereocenters. The summed E-state index contributed by atoms with van der Waals surface area (Å²) in [6.07, 6.45) is 3.77. The van der Waals surface area contributed by atoms with Crippen molar-refractivity contribution < 1.29 is 8.42 Å². The third-order valence-electron chi connectivity index (χ3n) is 1.70. The van der Waals surface area contributed by atoms with Crippen molar-refractivity contribution in [3.8, 4) is 0 Å². The minimum atomic E-state index is -3.23. The van der Waals surface area contributed by atoms with Crippen molar-refractivity contribution in [2.75, 3.05) is 5.75 Å². The Labute approximate surface area is 77.8 Å². The normalized spacial score (nSPS) is 15.6. The minimum Gasteiger partial charge on any atom is -0.222 e. The smallest absolute Gasteiger partial charge is 0.199 e. The van der Waals surface area contributed by atoms with E-state index in [1.807, 2.05) is 6.92 Å². The zero-order valence-electron chi connectivity index (χ0n) is 7.47. The molecular weight excluding hydrogens is 190 g/mol. The monoisotopic (exact) mass is 202 g/mol. The molecule has 73 valence electrons. The first-order valence-electron chi connectivity index (χ1n) is 4.20. The summed E-state index contributed by atoms with van der Waals surface area (Å²) in [6, 6.07) is 0. The molecule has 0 fully saturated rings. The third-order valence-corrected chi connectivity index (χ3v) is 3.35. The van der Waals surface area contributed by atoms with E-state index in [2.05, 4.69) is 15.8 Å². The molecule has 0 aromatic heterocycles. The molecule has 1 heterocycles. The van der Waals surface area contributed by atoms with Crippen LogP contribution in [0.2, 0.25) is 0 Å². The maximum absolute atomic E-state index is 11.4. The molecule has 0 amide bonds. The Balaban J connectivity index is 2.51. The predicted octanol–water partition coefficient (Wildman–Crippen LogP) is 1.38. The van der Waals surface area contributed by atoms with Crippen LogP contribution in [0.3, 0.4) is 0 Å². The first-order valence-corrected chi connectivity index (χ1v) is 5.86. The average Bonchev–Trinajstić information content (AvgIpc) is 2.56. The molecule has 0 aliphatic carbocycles. The summed E-state index contributed by atoms with van der Waals surface area (Å²) >= 11 is 0. The van der Waals surface area contributed by atoms with E-state index in [-0.39, 0.29) is 10.8 Å². The lowest BCUT2D eigenvalue weighted by Gasteiger charge is -1.99. The number of hydrogen-bond acceptors (Lipinski definition) is 4. The first kappa shape index (κ1) is 10.2. The third kappa shape index (κ3) is 2.80. The summed E-state index contributed by atoms with van der Waals surface area (Å²) in [7, 11) is -3.23. The van der Waals surface area contributed by atoms with Crippen LogP contribution in [0.15, 0.2) is 21.6 Å². The lowest BCUT2D eigenvalue weighted by molar-refractivity contribution is 0.596. The quantitative estimate of drug-likeness (QED) is 0.631. The first-order chi connectivity index (χ1) is 6.17. The van der Waals surface area contributed by atoms with Gasteiger partial charge >= 0.3 is 0 Å². The molecule has 0 aromatic carbocycles. The summed E-state index contributed by atoms with van der Waals surface area (Å²) in [4.78, 5) is 0. The molecule has 1 rings (SSSR count). The van der Waals surface area contributed by atoms with Crippen molar-refractivity contribution in [2.24, 2.45) is 10.3 Å². The summed E-state index contributed by atoms with van der Waals surface area (Å²) in [6.45, 7) is 2.02. The molecule has 13 heavy (non-hydrogen) atoms. The van der Waals surface area contributed by atoms with E-state index in [1.54, 1.807) is 0 Å². The van der Waals surface area contributed by atoms with Crippen LogP contribution in [0.5, 0.6) is 0 Å². The highest BCUT2D eigenvalue weighted by atomic mass is 32.2. The molecule has 0 unspecified atom stereocenters. The van der Waals surface area contributed by atoms with Gasteiger partial charge in [-0.15, -0.1) is 10.5 Å². The molecule has 1 aliphatic heterocycles. The molecule has 0 bridgehead atoms. The second kappa shape index (κ2) is 4.36. The van der Waals surface area contributed by atoms with E-state index in [0.717, 1.165) is 12.8 Å². The standard InChI is InChI=1S/C7H12N3O2S/c1-2-3-4-5-13(11,12)7-6-8-10-9-7/h6H,2-5H2,1H3. The van der Waals surface area contributed by atoms with Gasteiger partial charge in [-0.2, -0.15) is 0 Å². The molecule has 6 heteroatoms. The molecular formula is C7H12N3O2S. The Morgan fingerprint density at radius 2 is 2.15 bits per heavy atom. The van der Waals surface area contributed by atoms with E-state index in [9.17, 15) is 8.42 Å². The van der Waals surface area contributed by atoms with Crippen LogP contribution in [0, 0.1) is 0 Å². The molecule has 0 N–H and O–H groups in total. The second-order valence-corrected chi connectivity index (χ2v) is 4.85. The fourth-order valence-electron chi connectivity index (χ4n) is 0.960. The van der Waals surface area contributed by atoms with Crippen LogP contribution in [-0.4, -0.2) is 14.2 Å². The number of hydrogen-bond donors (Lipinski definition) is 0. The van der Waals surface area contributed by atoms with E-state index >= 15 is 0 Å². The molecule has 1 aliphatic rings. The Bertz CT molecular complexity index is 319. The molecule has 0 saturated carbocycles. The Morgan fingerprint density at radius 1 is 1.38 bits per heavy atom. The number of sulfone groups is 1. The molecule has 0 aromatic rings. The molecule has 0 spiro atoms. The van der Waals surface area contributed by atoms with Crippen molar-refractivity contribution >= 4 is 9.84 Å². The zero-order chi connectivity index (χ0) is 9.73. The van der Waals surface area contributed by atoms with Gasteiger partial charge in [-0.1, -0.05) is 19.8 Å². The maximum atomic E-state index is 11.4. The summed E-state index contributed by atoms with van der Waals surface area (Å²) in [5.74, 6) is 0.140. The Hall–Kier alpha value is -0.910. The van der Waals surface area contributed by atoms with Crippen LogP contribution in [-0.2, 0) is 9.84 Å². The van der Waals surface area contributed by atoms with Gasteiger partial charge in [0, 0.05) is 0 Å². The van der Waals surface area contributed by atoms with Gasteiger partial charge in [0.05, 0.1) is 12.0 Å². The van der Waals surface area contributed by atoms with Crippen LogP contribution in [0.4, 0.5) is 0 Å². The fraction of sp³-hybridized carbons (Fsp3) is 0.714. The van der Waals surface area contributed by atoms with Gasteiger partial charge in [0.25, 0.3) is 0 Å². The van der Waals surface area contributed by atoms with Crippen molar-refractivity contribution in [1.29, 1.82) is 0 Å². The molecule has 5 nitrogen and oxygen atoms in total. The fourth-order valence-corrected chi connectivity index (χ4v) is 2.12. The highest BCUT2D eigenvalue weighted by Crippen LogP contribution is 2.14. The van der Waals surface area contributed by atoms with Crippen molar-refractivity contribution in [2.45, 2.75) is 26.2 Å². The van der Waals surface area contributed by atoms with E-state index in [0.29, 0.717) is 6.42 Å². The number of nitrogens with zero attached hydrogens (tertiary/aromatic N) is 3. The highest BCUT2D eigenvalue weighted by Gasteiger charge is 2.19. The summed E-state index contributed by atoms with van der Waals surface area (Å²) in [5, 5.41) is 6.64. The Kier molecular flexibility index (Phi) is 3.41. The van der Waals surface area contributed by atoms with Crippen molar-refractivity contribution in [3.63, 3.8) is 0 Å². The number of unbranched alkanes of at least 4 members (excludes halogenated alkanes) is 2. The average molecular weight is 202 g/mol. The number of rotatable bonds is 5. The SMILES string of the molecule is CCCCCS(=O)(=O)C1=C[N]N=N1. The van der Waals surface area contributed by atoms with Gasteiger partial charge in [-0.05, 0) is 11.6 Å². The molecule has 0 saturated heterocycles. The van der Waals surface area contributed by atoms with Gasteiger partial charge in [0.1, 0.15) is 0 Å². The van der Waals surface area contributed by atoms with Gasteiger partial charge in [-0.25, -0.2) is 8.42 Å². The van der Waals surface area contributed by atoms with Gasteiger partial charge < -0.3 is 0 Å². The highest BCUT2D eigenvalue weighted by molar-refractivity contribution is 7.95. The summed E-state index contributed by atoms with van der Waals surface area (Å²) < 4.78 is 22.9. The lowest BCUT2D eigenvalue weighted by atomic mass is 10.3. The topological polar surface area (TPSA) is 73.0 Å². The zero-order valence-corrected chi connectivity index (χ0v) is 8.29. The Morgan fingerprint density at radius 3 is 2.69 bits per heavy atom. The van der Waals surface area contributed by atoms with Crippen LogP contribution in [0.1, 0.15) is 26.2 Å². The van der Waals surface area contributed by atoms with E-state index in [4.69, 9.17) is 0 Å². The van der Waals surface area contributed by atoms with Crippen LogP contribution in [0.25, 0.3) is 0 Å². The predicted molar refractivity (Wildman–Crippen MR) is 48.4 cm³/mol. The lowest BCUT2D eigenvalue weighted by Crippen LogP contribution is -2.07. The minimum absolute atomic E-state index is 0.0106. The van der Waals surface area contributed by atoms with Crippen molar-refractivity contribution in [1.82, 2.24) is 5.43 Å². The van der Waals surface area contributed by atoms with Gasteiger partial charge in [-0.3, -0.25) is 0 Å². The van der Waals surface area contributed by atoms with E-state index < -0.39 is 9.84 Å². The van der Waals surface area contributed by atoms with Crippen LogP contribution >= 0.6 is 0 Å². The molecule has 1 radical (unpaired) electrons. The van der Waals surface area contributed by atoms with Crippen LogP contribution < -0.4 is 5.43 Å². The maximum Gasteiger partial charge on any atom is 0.199 e.